The third kappa shape index (κ3) is 4.82. The fourth-order valence-corrected chi connectivity index (χ4v) is 3.43. The van der Waals surface area contributed by atoms with E-state index in [2.05, 4.69) is 31.4 Å². The molecule has 0 aliphatic heterocycles. The Balaban J connectivity index is 1.73. The molecule has 0 unspecified atom stereocenters. The summed E-state index contributed by atoms with van der Waals surface area (Å²) >= 11 is 4.93. The number of nitrogens with zero attached hydrogens (tertiary/aromatic N) is 2. The van der Waals surface area contributed by atoms with Crippen LogP contribution in [0.5, 0.6) is 17.2 Å². The van der Waals surface area contributed by atoms with Crippen molar-refractivity contribution in [3.05, 3.63) is 51.8 Å². The molecule has 0 radical (unpaired) electrons. The summed E-state index contributed by atoms with van der Waals surface area (Å²) in [7, 11) is 3.19. The third-order valence-corrected chi connectivity index (χ3v) is 5.07. The van der Waals surface area contributed by atoms with Crippen LogP contribution in [0.15, 0.2) is 51.4 Å². The Kier molecular flexibility index (Phi) is 6.89. The molecule has 0 saturated heterocycles. The number of aromatic nitrogens is 1. The fraction of sp³-hybridized carbons (Fsp3) is 0.200. The average Bonchev–Trinajstić information content (AvgIpc) is 3.18. The zero-order valence-electron chi connectivity index (χ0n) is 15.7. The molecule has 3 aromatic rings. The molecule has 0 aliphatic carbocycles. The van der Waals surface area contributed by atoms with Crippen molar-refractivity contribution in [1.29, 1.82) is 0 Å². The Hall–Kier alpha value is -2.58. The van der Waals surface area contributed by atoms with Crippen molar-refractivity contribution >= 4 is 38.6 Å². The average molecular weight is 462 g/mol. The highest BCUT2D eigenvalue weighted by molar-refractivity contribution is 9.10. The predicted molar refractivity (Wildman–Crippen MR) is 117 cm³/mol. The van der Waals surface area contributed by atoms with Gasteiger partial charge in [0.1, 0.15) is 0 Å². The number of rotatable bonds is 8. The summed E-state index contributed by atoms with van der Waals surface area (Å²) in [5.74, 6) is 1.76. The van der Waals surface area contributed by atoms with Crippen LogP contribution >= 0.6 is 27.3 Å². The second kappa shape index (κ2) is 9.57. The predicted octanol–water partition coefficient (Wildman–Crippen LogP) is 5.43. The van der Waals surface area contributed by atoms with Crippen LogP contribution in [-0.2, 0) is 0 Å². The van der Waals surface area contributed by atoms with Crippen LogP contribution in [0.25, 0.3) is 11.3 Å². The molecule has 1 heterocycles. The lowest BCUT2D eigenvalue weighted by Crippen LogP contribution is -2.00. The topological polar surface area (TPSA) is 65.0 Å². The number of hydrogen-bond donors (Lipinski definition) is 1. The minimum atomic E-state index is 0.520. The molecule has 0 amide bonds. The van der Waals surface area contributed by atoms with Crippen LogP contribution in [0.1, 0.15) is 12.5 Å². The first kappa shape index (κ1) is 20.2. The smallest absolute Gasteiger partial charge is 0.203 e. The van der Waals surface area contributed by atoms with Gasteiger partial charge >= 0.3 is 0 Å². The van der Waals surface area contributed by atoms with Crippen molar-refractivity contribution in [2.24, 2.45) is 5.10 Å². The minimum absolute atomic E-state index is 0.520. The Morgan fingerprint density at radius 3 is 2.43 bits per heavy atom. The quantitative estimate of drug-likeness (QED) is 0.357. The van der Waals surface area contributed by atoms with Gasteiger partial charge in [0.25, 0.3) is 0 Å². The van der Waals surface area contributed by atoms with Crippen LogP contribution in [0, 0.1) is 0 Å². The molecule has 3 rings (SSSR count). The Labute approximate surface area is 176 Å². The molecule has 0 fully saturated rings. The molecule has 1 N–H and O–H groups in total. The van der Waals surface area contributed by atoms with Crippen LogP contribution in [-0.4, -0.2) is 32.0 Å². The molecule has 0 bridgehead atoms. The van der Waals surface area contributed by atoms with Crippen molar-refractivity contribution in [3.63, 3.8) is 0 Å². The van der Waals surface area contributed by atoms with Gasteiger partial charge in [0.2, 0.25) is 10.9 Å². The number of halogens is 1. The van der Waals surface area contributed by atoms with Gasteiger partial charge in [0.15, 0.2) is 11.5 Å². The van der Waals surface area contributed by atoms with E-state index in [1.807, 2.05) is 48.7 Å². The molecule has 1 aromatic heterocycles. The lowest BCUT2D eigenvalue weighted by atomic mass is 10.2. The molecule has 0 spiro atoms. The summed E-state index contributed by atoms with van der Waals surface area (Å²) in [6, 6.07) is 11.7. The maximum absolute atomic E-state index is 5.61. The largest absolute Gasteiger partial charge is 0.493 e. The first-order valence-corrected chi connectivity index (χ1v) is 10.2. The zero-order valence-corrected chi connectivity index (χ0v) is 18.1. The number of thiazole rings is 1. The zero-order chi connectivity index (χ0) is 19.9. The van der Waals surface area contributed by atoms with E-state index in [0.29, 0.717) is 29.0 Å². The molecule has 146 valence electrons. The summed E-state index contributed by atoms with van der Waals surface area (Å²) in [6.45, 7) is 2.43. The van der Waals surface area contributed by atoms with E-state index in [1.54, 1.807) is 20.4 Å². The second-order valence-corrected chi connectivity index (χ2v) is 7.38. The molecule has 0 atom stereocenters. The number of nitrogens with one attached hydrogen (secondary N) is 1. The van der Waals surface area contributed by atoms with Gasteiger partial charge in [-0.15, -0.1) is 11.3 Å². The van der Waals surface area contributed by atoms with E-state index in [-0.39, 0.29) is 0 Å². The lowest BCUT2D eigenvalue weighted by molar-refractivity contribution is 0.288. The summed E-state index contributed by atoms with van der Waals surface area (Å²) in [5, 5.41) is 6.97. The van der Waals surface area contributed by atoms with E-state index in [1.165, 1.54) is 11.3 Å². The van der Waals surface area contributed by atoms with Crippen molar-refractivity contribution in [3.8, 4) is 28.5 Å². The normalized spacial score (nSPS) is 10.9. The highest BCUT2D eigenvalue weighted by atomic mass is 79.9. The lowest BCUT2D eigenvalue weighted by Gasteiger charge is -2.14. The highest BCUT2D eigenvalue weighted by Gasteiger charge is 2.13. The number of ether oxygens (including phenoxy) is 3. The van der Waals surface area contributed by atoms with E-state index < -0.39 is 0 Å². The van der Waals surface area contributed by atoms with Gasteiger partial charge in [0, 0.05) is 21.0 Å². The van der Waals surface area contributed by atoms with Gasteiger partial charge in [-0.05, 0) is 31.2 Å². The third-order valence-electron chi connectivity index (χ3n) is 3.79. The molecular formula is C20H20BrN3O3S. The van der Waals surface area contributed by atoms with Crippen molar-refractivity contribution < 1.29 is 14.2 Å². The molecular weight excluding hydrogens is 442 g/mol. The molecule has 0 saturated carbocycles. The first-order chi connectivity index (χ1) is 13.6. The van der Waals surface area contributed by atoms with Crippen LogP contribution < -0.4 is 19.6 Å². The number of benzene rings is 2. The molecule has 2 aromatic carbocycles. The molecule has 8 heteroatoms. The van der Waals surface area contributed by atoms with Gasteiger partial charge in [-0.1, -0.05) is 28.1 Å². The van der Waals surface area contributed by atoms with Crippen LogP contribution in [0.2, 0.25) is 0 Å². The standard InChI is InChI=1S/C20H20BrN3O3S/c1-4-27-19-17(25-2)9-13(10-18(19)26-3)11-22-24-20-23-16(12-28-20)14-5-7-15(21)8-6-14/h5-12H,4H2,1-3H3,(H,23,24)/b22-11+. The number of hydrogen-bond acceptors (Lipinski definition) is 7. The summed E-state index contributed by atoms with van der Waals surface area (Å²) < 4.78 is 17.5. The van der Waals surface area contributed by atoms with Gasteiger partial charge in [-0.25, -0.2) is 4.98 Å². The maximum Gasteiger partial charge on any atom is 0.203 e. The first-order valence-electron chi connectivity index (χ1n) is 8.54. The van der Waals surface area contributed by atoms with Gasteiger partial charge < -0.3 is 14.2 Å². The number of hydrazone groups is 1. The molecule has 0 aliphatic rings. The summed E-state index contributed by atoms with van der Waals surface area (Å²) in [4.78, 5) is 4.56. The van der Waals surface area contributed by atoms with E-state index in [0.717, 1.165) is 21.3 Å². The van der Waals surface area contributed by atoms with Crippen LogP contribution in [0.4, 0.5) is 5.13 Å². The van der Waals surface area contributed by atoms with Gasteiger partial charge in [-0.2, -0.15) is 5.10 Å². The van der Waals surface area contributed by atoms with Crippen molar-refractivity contribution in [2.45, 2.75) is 6.92 Å². The van der Waals surface area contributed by atoms with E-state index >= 15 is 0 Å². The number of methoxy groups -OCH3 is 2. The Bertz CT molecular complexity index is 933. The van der Waals surface area contributed by atoms with Crippen molar-refractivity contribution in [1.82, 2.24) is 4.98 Å². The van der Waals surface area contributed by atoms with Crippen LogP contribution in [0.3, 0.4) is 0 Å². The Morgan fingerprint density at radius 2 is 1.82 bits per heavy atom. The highest BCUT2D eigenvalue weighted by Crippen LogP contribution is 2.38. The molecule has 6 nitrogen and oxygen atoms in total. The Morgan fingerprint density at radius 1 is 1.14 bits per heavy atom. The van der Waals surface area contributed by atoms with E-state index in [9.17, 15) is 0 Å². The van der Waals surface area contributed by atoms with E-state index in [4.69, 9.17) is 14.2 Å². The molecule has 28 heavy (non-hydrogen) atoms. The minimum Gasteiger partial charge on any atom is -0.493 e. The van der Waals surface area contributed by atoms with Gasteiger partial charge in [-0.3, -0.25) is 5.43 Å². The number of anilines is 1. The monoisotopic (exact) mass is 461 g/mol. The fourth-order valence-electron chi connectivity index (χ4n) is 2.50. The SMILES string of the molecule is CCOc1c(OC)cc(/C=N/Nc2nc(-c3ccc(Br)cc3)cs2)cc1OC. The van der Waals surface area contributed by atoms with Gasteiger partial charge in [0.05, 0.1) is 32.7 Å². The second-order valence-electron chi connectivity index (χ2n) is 5.60. The summed E-state index contributed by atoms with van der Waals surface area (Å²) in [5.41, 5.74) is 5.73. The summed E-state index contributed by atoms with van der Waals surface area (Å²) in [6.07, 6.45) is 1.68. The van der Waals surface area contributed by atoms with Crippen molar-refractivity contribution in [2.75, 3.05) is 26.3 Å². The maximum atomic E-state index is 5.61.